The summed E-state index contributed by atoms with van der Waals surface area (Å²) in [4.78, 5) is 4.42. The van der Waals surface area contributed by atoms with E-state index in [0.717, 1.165) is 5.65 Å². The van der Waals surface area contributed by atoms with Crippen LogP contribution >= 0.6 is 0 Å². The maximum Gasteiger partial charge on any atom is 0.493 e. The second-order valence-corrected chi connectivity index (χ2v) is 12.9. The standard InChI is InChI=1S/C16H27BN2O3Si/c1-10(2)23(11(3)4,12(5)6)19-8-7-13-15(17(21)22)14(20)9-18-16(13)19/h7-12,20-22H,1-6H3. The second-order valence-electron chi connectivity index (χ2n) is 7.21. The normalized spacial score (nSPS) is 12.8. The summed E-state index contributed by atoms with van der Waals surface area (Å²) in [7, 11) is -3.70. The second kappa shape index (κ2) is 6.30. The molecule has 0 fully saturated rings. The molecule has 3 N–H and O–H groups in total. The van der Waals surface area contributed by atoms with E-state index >= 15 is 0 Å². The third-order valence-electron chi connectivity index (χ3n) is 5.18. The first-order valence-corrected chi connectivity index (χ1v) is 10.4. The van der Waals surface area contributed by atoms with E-state index in [1.807, 2.05) is 12.3 Å². The summed E-state index contributed by atoms with van der Waals surface area (Å²) in [5.41, 5.74) is 2.35. The van der Waals surface area contributed by atoms with Crippen molar-refractivity contribution in [3.63, 3.8) is 0 Å². The van der Waals surface area contributed by atoms with Crippen LogP contribution in [0.2, 0.25) is 16.6 Å². The number of nitrogens with zero attached hydrogens (tertiary/aromatic N) is 2. The van der Waals surface area contributed by atoms with Gasteiger partial charge in [-0.15, -0.1) is 0 Å². The number of hydrogen-bond acceptors (Lipinski definition) is 4. The first-order valence-electron chi connectivity index (χ1n) is 8.21. The summed E-state index contributed by atoms with van der Waals surface area (Å²) in [6.45, 7) is 13.6. The zero-order valence-corrected chi connectivity index (χ0v) is 15.8. The highest BCUT2D eigenvalue weighted by Crippen LogP contribution is 2.43. The van der Waals surface area contributed by atoms with Gasteiger partial charge in [0.1, 0.15) is 11.4 Å². The van der Waals surface area contributed by atoms with Crippen molar-refractivity contribution >= 4 is 31.9 Å². The number of aromatic hydroxyl groups is 1. The van der Waals surface area contributed by atoms with E-state index in [9.17, 15) is 15.2 Å². The molecular weight excluding hydrogens is 307 g/mol. The minimum absolute atomic E-state index is 0.132. The van der Waals surface area contributed by atoms with Gasteiger partial charge in [0.25, 0.3) is 0 Å². The SMILES string of the molecule is CC(C)[Si](C(C)C)(C(C)C)n1ccc2c(B(O)O)c(O)cnc21. The Kier molecular flexibility index (Phi) is 4.94. The summed E-state index contributed by atoms with van der Waals surface area (Å²) in [6, 6.07) is 1.84. The van der Waals surface area contributed by atoms with Crippen molar-refractivity contribution in [3.8, 4) is 5.75 Å². The molecule has 2 aromatic rings. The zero-order valence-electron chi connectivity index (χ0n) is 14.8. The molecule has 0 aromatic carbocycles. The van der Waals surface area contributed by atoms with Gasteiger partial charge in [0.05, 0.1) is 6.20 Å². The highest BCUT2D eigenvalue weighted by molar-refractivity contribution is 6.82. The van der Waals surface area contributed by atoms with Crippen LogP contribution in [0.4, 0.5) is 0 Å². The summed E-state index contributed by atoms with van der Waals surface area (Å²) < 4.78 is 2.29. The van der Waals surface area contributed by atoms with E-state index in [1.54, 1.807) is 0 Å². The van der Waals surface area contributed by atoms with E-state index in [2.05, 4.69) is 50.8 Å². The molecule has 0 amide bonds. The van der Waals surface area contributed by atoms with Crippen molar-refractivity contribution in [2.24, 2.45) is 0 Å². The van der Waals surface area contributed by atoms with E-state index in [4.69, 9.17) is 0 Å². The Labute approximate surface area is 139 Å². The van der Waals surface area contributed by atoms with Gasteiger partial charge < -0.3 is 19.4 Å². The van der Waals surface area contributed by atoms with Gasteiger partial charge in [0.2, 0.25) is 0 Å². The first-order chi connectivity index (χ1) is 10.7. The summed E-state index contributed by atoms with van der Waals surface area (Å²) >= 11 is 0. The van der Waals surface area contributed by atoms with Gasteiger partial charge in [-0.25, -0.2) is 4.98 Å². The van der Waals surface area contributed by atoms with Crippen LogP contribution in [0.1, 0.15) is 41.5 Å². The largest absolute Gasteiger partial charge is 0.507 e. The lowest BCUT2D eigenvalue weighted by Gasteiger charge is -2.44. The molecule has 0 atom stereocenters. The summed E-state index contributed by atoms with van der Waals surface area (Å²) in [5.74, 6) is -0.184. The lowest BCUT2D eigenvalue weighted by molar-refractivity contribution is 0.420. The van der Waals surface area contributed by atoms with E-state index < -0.39 is 15.4 Å². The highest BCUT2D eigenvalue weighted by atomic mass is 28.3. The van der Waals surface area contributed by atoms with Gasteiger partial charge in [-0.3, -0.25) is 0 Å². The number of rotatable bonds is 5. The Morgan fingerprint density at radius 1 is 1.04 bits per heavy atom. The van der Waals surface area contributed by atoms with Crippen molar-refractivity contribution in [3.05, 3.63) is 18.5 Å². The Hall–Kier alpha value is -1.31. The molecule has 0 unspecified atom stereocenters. The van der Waals surface area contributed by atoms with Crippen LogP contribution in [0.25, 0.3) is 11.0 Å². The summed E-state index contributed by atoms with van der Waals surface area (Å²) in [5, 5.41) is 29.8. The third-order valence-corrected chi connectivity index (χ3v) is 11.9. The molecule has 0 aliphatic heterocycles. The molecule has 0 spiro atoms. The molecule has 7 heteroatoms. The summed E-state index contributed by atoms with van der Waals surface area (Å²) in [6.07, 6.45) is 3.32. The quantitative estimate of drug-likeness (QED) is 0.734. The lowest BCUT2D eigenvalue weighted by atomic mass is 9.78. The predicted molar refractivity (Wildman–Crippen MR) is 97.7 cm³/mol. The zero-order chi connectivity index (χ0) is 17.5. The van der Waals surface area contributed by atoms with Crippen LogP contribution in [0.15, 0.2) is 18.5 Å². The fourth-order valence-corrected chi connectivity index (χ4v) is 11.1. The molecule has 23 heavy (non-hydrogen) atoms. The average molecular weight is 334 g/mol. The van der Waals surface area contributed by atoms with Crippen LogP contribution in [0, 0.1) is 0 Å². The minimum atomic E-state index is -1.98. The smallest absolute Gasteiger partial charge is 0.493 e. The van der Waals surface area contributed by atoms with E-state index in [1.165, 1.54) is 6.20 Å². The molecule has 2 aromatic heterocycles. The molecule has 2 rings (SSSR count). The predicted octanol–water partition coefficient (Wildman–Crippen LogP) is 2.45. The van der Waals surface area contributed by atoms with Gasteiger partial charge >= 0.3 is 7.12 Å². The molecule has 0 saturated carbocycles. The Bertz CT molecular complexity index is 676. The average Bonchev–Trinajstić information content (AvgIpc) is 2.81. The van der Waals surface area contributed by atoms with Crippen LogP contribution in [-0.4, -0.2) is 39.7 Å². The molecule has 0 radical (unpaired) electrons. The molecule has 0 aliphatic rings. The lowest BCUT2D eigenvalue weighted by Crippen LogP contribution is -2.51. The van der Waals surface area contributed by atoms with E-state index in [0.29, 0.717) is 22.0 Å². The van der Waals surface area contributed by atoms with Crippen LogP contribution in [0.5, 0.6) is 5.75 Å². The van der Waals surface area contributed by atoms with Crippen LogP contribution < -0.4 is 5.46 Å². The van der Waals surface area contributed by atoms with Crippen molar-refractivity contribution < 1.29 is 15.2 Å². The molecule has 0 bridgehead atoms. The minimum Gasteiger partial charge on any atom is -0.507 e. The monoisotopic (exact) mass is 334 g/mol. The molecule has 5 nitrogen and oxygen atoms in total. The van der Waals surface area contributed by atoms with Gasteiger partial charge in [0.15, 0.2) is 8.24 Å². The van der Waals surface area contributed by atoms with Gasteiger partial charge in [-0.1, -0.05) is 41.5 Å². The Balaban J connectivity index is 2.84. The van der Waals surface area contributed by atoms with Crippen LogP contribution in [-0.2, 0) is 0 Å². The van der Waals surface area contributed by atoms with Crippen molar-refractivity contribution in [1.82, 2.24) is 9.22 Å². The number of hydrogen-bond donors (Lipinski definition) is 3. The molecule has 126 valence electrons. The maximum atomic E-state index is 9.94. The van der Waals surface area contributed by atoms with Crippen LogP contribution in [0.3, 0.4) is 0 Å². The third kappa shape index (κ3) is 2.60. The molecule has 0 aliphatic carbocycles. The number of fused-ring (bicyclic) bond motifs is 1. The fraction of sp³-hybridized carbons (Fsp3) is 0.562. The number of aromatic nitrogens is 2. The van der Waals surface area contributed by atoms with Crippen molar-refractivity contribution in [2.75, 3.05) is 0 Å². The highest BCUT2D eigenvalue weighted by Gasteiger charge is 2.46. The topological polar surface area (TPSA) is 78.5 Å². The molecular formula is C16H27BN2O3Si. The van der Waals surface area contributed by atoms with Gasteiger partial charge in [-0.2, -0.15) is 0 Å². The van der Waals surface area contributed by atoms with Crippen molar-refractivity contribution in [2.45, 2.75) is 58.2 Å². The van der Waals surface area contributed by atoms with E-state index in [-0.39, 0.29) is 11.2 Å². The molecule has 2 heterocycles. The van der Waals surface area contributed by atoms with Gasteiger partial charge in [-0.05, 0) is 28.9 Å². The maximum absolute atomic E-state index is 9.94. The van der Waals surface area contributed by atoms with Crippen molar-refractivity contribution in [1.29, 1.82) is 0 Å². The fourth-order valence-electron chi connectivity index (χ4n) is 4.51. The van der Waals surface area contributed by atoms with Gasteiger partial charge in [0, 0.05) is 10.8 Å². The molecule has 0 saturated heterocycles. The number of pyridine rings is 1. The Morgan fingerprint density at radius 3 is 2.00 bits per heavy atom. The first kappa shape index (κ1) is 18.0. The Morgan fingerprint density at radius 2 is 1.57 bits per heavy atom.